The van der Waals surface area contributed by atoms with Crippen molar-refractivity contribution in [1.29, 1.82) is 0 Å². The number of benzene rings is 1. The zero-order valence-electron chi connectivity index (χ0n) is 8.99. The van der Waals surface area contributed by atoms with E-state index in [9.17, 15) is 10.2 Å². The molecule has 2 nitrogen and oxygen atoms in total. The summed E-state index contributed by atoms with van der Waals surface area (Å²) in [6, 6.07) is 9.67. The highest BCUT2D eigenvalue weighted by Crippen LogP contribution is 2.25. The lowest BCUT2D eigenvalue weighted by Crippen LogP contribution is -2.49. The first-order valence-electron chi connectivity index (χ1n) is 4.82. The monoisotopic (exact) mass is 194 g/mol. The molecule has 0 saturated heterocycles. The second kappa shape index (κ2) is 3.71. The van der Waals surface area contributed by atoms with Crippen molar-refractivity contribution in [3.8, 4) is 0 Å². The molecule has 1 unspecified atom stereocenters. The maximum absolute atomic E-state index is 10.1. The number of aliphatic hydroxyl groups is 2. The van der Waals surface area contributed by atoms with Gasteiger partial charge in [0.25, 0.3) is 0 Å². The van der Waals surface area contributed by atoms with Crippen LogP contribution in [0, 0.1) is 0 Å². The van der Waals surface area contributed by atoms with Gasteiger partial charge < -0.3 is 10.2 Å². The smallest absolute Gasteiger partial charge is 0.0940 e. The summed E-state index contributed by atoms with van der Waals surface area (Å²) in [5, 5.41) is 19.8. The Balaban J connectivity index is 2.79. The van der Waals surface area contributed by atoms with Gasteiger partial charge in [0.2, 0.25) is 0 Å². The van der Waals surface area contributed by atoms with Crippen LogP contribution in [-0.4, -0.2) is 21.4 Å². The van der Waals surface area contributed by atoms with Crippen molar-refractivity contribution in [3.05, 3.63) is 35.9 Å². The van der Waals surface area contributed by atoms with E-state index in [-0.39, 0.29) is 0 Å². The van der Waals surface area contributed by atoms with Crippen molar-refractivity contribution in [1.82, 2.24) is 0 Å². The summed E-state index contributed by atoms with van der Waals surface area (Å²) in [5.74, 6) is 0. The minimum atomic E-state index is -1.10. The Kier molecular flexibility index (Phi) is 2.98. The second-order valence-corrected chi connectivity index (χ2v) is 4.50. The van der Waals surface area contributed by atoms with Crippen LogP contribution in [-0.2, 0) is 6.42 Å². The Hall–Kier alpha value is -0.860. The molecule has 0 aliphatic rings. The normalized spacial score (nSPS) is 16.4. The Morgan fingerprint density at radius 3 is 1.93 bits per heavy atom. The highest BCUT2D eigenvalue weighted by Gasteiger charge is 2.37. The molecule has 78 valence electrons. The first-order chi connectivity index (χ1) is 6.33. The fourth-order valence-corrected chi connectivity index (χ4v) is 1.21. The molecule has 1 aromatic carbocycles. The average molecular weight is 194 g/mol. The summed E-state index contributed by atoms with van der Waals surface area (Å²) in [7, 11) is 0. The van der Waals surface area contributed by atoms with Crippen LogP contribution in [0.2, 0.25) is 0 Å². The van der Waals surface area contributed by atoms with Crippen molar-refractivity contribution >= 4 is 0 Å². The van der Waals surface area contributed by atoms with Crippen LogP contribution >= 0.6 is 0 Å². The summed E-state index contributed by atoms with van der Waals surface area (Å²) in [4.78, 5) is 0. The molecule has 0 radical (unpaired) electrons. The van der Waals surface area contributed by atoms with Gasteiger partial charge in [-0.2, -0.15) is 0 Å². The molecular formula is C12H18O2. The predicted octanol–water partition coefficient (Wildman–Crippen LogP) is 1.75. The molecule has 0 fully saturated rings. The molecular weight excluding hydrogens is 176 g/mol. The molecule has 1 atom stereocenters. The Morgan fingerprint density at radius 1 is 1.00 bits per heavy atom. The highest BCUT2D eigenvalue weighted by atomic mass is 16.3. The summed E-state index contributed by atoms with van der Waals surface area (Å²) in [6.07, 6.45) is 0.456. The molecule has 0 aromatic heterocycles. The molecule has 0 spiro atoms. The molecule has 0 aliphatic carbocycles. The van der Waals surface area contributed by atoms with Crippen molar-refractivity contribution in [2.24, 2.45) is 0 Å². The van der Waals surface area contributed by atoms with Gasteiger partial charge in [0.05, 0.1) is 11.2 Å². The van der Waals surface area contributed by atoms with Gasteiger partial charge in [-0.3, -0.25) is 0 Å². The second-order valence-electron chi connectivity index (χ2n) is 4.50. The van der Waals surface area contributed by atoms with Gasteiger partial charge in [-0.25, -0.2) is 0 Å². The van der Waals surface area contributed by atoms with Crippen molar-refractivity contribution < 1.29 is 10.2 Å². The highest BCUT2D eigenvalue weighted by molar-refractivity contribution is 5.18. The predicted molar refractivity (Wildman–Crippen MR) is 57.1 cm³/mol. The molecule has 0 amide bonds. The Morgan fingerprint density at radius 2 is 1.50 bits per heavy atom. The third-order valence-corrected chi connectivity index (χ3v) is 2.71. The lowest BCUT2D eigenvalue weighted by atomic mass is 9.82. The largest absolute Gasteiger partial charge is 0.387 e. The van der Waals surface area contributed by atoms with Crippen LogP contribution in [0.3, 0.4) is 0 Å². The van der Waals surface area contributed by atoms with E-state index in [0.29, 0.717) is 6.42 Å². The van der Waals surface area contributed by atoms with Crippen LogP contribution in [0.1, 0.15) is 26.3 Å². The fraction of sp³-hybridized carbons (Fsp3) is 0.500. The van der Waals surface area contributed by atoms with Crippen LogP contribution < -0.4 is 0 Å². The van der Waals surface area contributed by atoms with Gasteiger partial charge in [-0.05, 0) is 26.3 Å². The van der Waals surface area contributed by atoms with E-state index in [1.807, 2.05) is 30.3 Å². The van der Waals surface area contributed by atoms with Crippen molar-refractivity contribution in [2.75, 3.05) is 0 Å². The standard InChI is InChI=1S/C12H18O2/c1-11(2,13)12(3,14)9-10-7-5-4-6-8-10/h4-8,13-14H,9H2,1-3H3. The van der Waals surface area contributed by atoms with Crippen LogP contribution in [0.4, 0.5) is 0 Å². The van der Waals surface area contributed by atoms with Crippen molar-refractivity contribution in [2.45, 2.75) is 38.4 Å². The summed E-state index contributed by atoms with van der Waals surface area (Å²) in [5.41, 5.74) is -1.17. The number of rotatable bonds is 3. The average Bonchev–Trinajstić information content (AvgIpc) is 2.03. The van der Waals surface area contributed by atoms with E-state index >= 15 is 0 Å². The Labute approximate surface area is 85.2 Å². The summed E-state index contributed by atoms with van der Waals surface area (Å²) < 4.78 is 0. The van der Waals surface area contributed by atoms with Gasteiger partial charge in [0, 0.05) is 6.42 Å². The fourth-order valence-electron chi connectivity index (χ4n) is 1.21. The van der Waals surface area contributed by atoms with Gasteiger partial charge >= 0.3 is 0 Å². The maximum Gasteiger partial charge on any atom is 0.0940 e. The zero-order chi connectivity index (χ0) is 10.8. The topological polar surface area (TPSA) is 40.5 Å². The van der Waals surface area contributed by atoms with Gasteiger partial charge in [-0.1, -0.05) is 30.3 Å². The van der Waals surface area contributed by atoms with Crippen molar-refractivity contribution in [3.63, 3.8) is 0 Å². The first-order valence-corrected chi connectivity index (χ1v) is 4.82. The van der Waals surface area contributed by atoms with E-state index in [2.05, 4.69) is 0 Å². The van der Waals surface area contributed by atoms with E-state index in [4.69, 9.17) is 0 Å². The zero-order valence-corrected chi connectivity index (χ0v) is 8.99. The minimum absolute atomic E-state index is 0.456. The number of hydrogen-bond donors (Lipinski definition) is 2. The summed E-state index contributed by atoms with van der Waals surface area (Å²) in [6.45, 7) is 4.89. The first kappa shape index (κ1) is 11.2. The molecule has 1 rings (SSSR count). The van der Waals surface area contributed by atoms with Gasteiger partial charge in [-0.15, -0.1) is 0 Å². The molecule has 2 heteroatoms. The lowest BCUT2D eigenvalue weighted by molar-refractivity contribution is -0.118. The van der Waals surface area contributed by atoms with E-state index in [1.54, 1.807) is 20.8 Å². The van der Waals surface area contributed by atoms with Crippen LogP contribution in [0.5, 0.6) is 0 Å². The minimum Gasteiger partial charge on any atom is -0.387 e. The van der Waals surface area contributed by atoms with Crippen LogP contribution in [0.15, 0.2) is 30.3 Å². The lowest BCUT2D eigenvalue weighted by Gasteiger charge is -2.35. The SMILES string of the molecule is CC(C)(O)C(C)(O)Cc1ccccc1. The van der Waals surface area contributed by atoms with E-state index in [0.717, 1.165) is 5.56 Å². The van der Waals surface area contributed by atoms with E-state index in [1.165, 1.54) is 0 Å². The third-order valence-electron chi connectivity index (χ3n) is 2.71. The molecule has 1 aromatic rings. The van der Waals surface area contributed by atoms with Gasteiger partial charge in [0.1, 0.15) is 0 Å². The van der Waals surface area contributed by atoms with Crippen LogP contribution in [0.25, 0.3) is 0 Å². The molecule has 0 saturated carbocycles. The van der Waals surface area contributed by atoms with Gasteiger partial charge in [0.15, 0.2) is 0 Å². The number of hydrogen-bond acceptors (Lipinski definition) is 2. The quantitative estimate of drug-likeness (QED) is 0.769. The van der Waals surface area contributed by atoms with E-state index < -0.39 is 11.2 Å². The maximum atomic E-state index is 10.1. The third kappa shape index (κ3) is 2.56. The summed E-state index contributed by atoms with van der Waals surface area (Å²) >= 11 is 0. The molecule has 0 bridgehead atoms. The molecule has 0 aliphatic heterocycles. The molecule has 2 N–H and O–H groups in total. The Bertz CT molecular complexity index is 283. The molecule has 14 heavy (non-hydrogen) atoms. The molecule has 0 heterocycles.